The Morgan fingerprint density at radius 2 is 2.06 bits per heavy atom. The SMILES string of the molecule is C[C@H](Nc1cc(Cl)nc2c1cnn2[C@H]1C[C@H](O)[C@@H](COP(=O)(O)CP(=O)(O)O)O1)c1ccccc1F. The molecule has 16 heteroatoms. The third-order valence-corrected chi connectivity index (χ3v) is 9.21. The first kappa shape index (κ1) is 27.1. The standard InChI is InChI=1S/C20H24ClFN4O8P2/c1-11(12-4-2-3-5-14(12)22)24-15-6-18(21)25-20-13(15)8-23-26(20)19-7-16(27)17(34-19)9-33-36(31,32)10-35(28,29)30/h2-6,8,11,16-17,19,27H,7,9-10H2,1H3,(H,24,25)(H,31,32)(H2,28,29,30)/t11-,16-,17+,19+/m0/s1. The monoisotopic (exact) mass is 564 g/mol. The summed E-state index contributed by atoms with van der Waals surface area (Å²) in [4.78, 5) is 31.8. The fraction of sp³-hybridized carbons (Fsp3) is 0.400. The van der Waals surface area contributed by atoms with E-state index in [1.54, 1.807) is 31.2 Å². The molecular weight excluding hydrogens is 541 g/mol. The molecule has 1 aromatic carbocycles. The first-order valence-electron chi connectivity index (χ1n) is 10.7. The Morgan fingerprint density at radius 3 is 2.75 bits per heavy atom. The molecule has 196 valence electrons. The number of ether oxygens (including phenoxy) is 1. The van der Waals surface area contributed by atoms with Gasteiger partial charge in [0.2, 0.25) is 0 Å². The van der Waals surface area contributed by atoms with E-state index >= 15 is 0 Å². The number of halogens is 2. The van der Waals surface area contributed by atoms with Crippen LogP contribution in [0.3, 0.4) is 0 Å². The van der Waals surface area contributed by atoms with Gasteiger partial charge in [-0.05, 0) is 19.1 Å². The summed E-state index contributed by atoms with van der Waals surface area (Å²) < 4.78 is 49.0. The minimum atomic E-state index is -4.79. The van der Waals surface area contributed by atoms with Gasteiger partial charge in [-0.1, -0.05) is 29.8 Å². The minimum Gasteiger partial charge on any atom is -0.390 e. The lowest BCUT2D eigenvalue weighted by molar-refractivity contribution is -0.0434. The fourth-order valence-electron chi connectivity index (χ4n) is 3.93. The number of nitrogens with one attached hydrogen (secondary N) is 1. The largest absolute Gasteiger partial charge is 0.390 e. The maximum absolute atomic E-state index is 14.2. The van der Waals surface area contributed by atoms with Crippen LogP contribution in [0.5, 0.6) is 0 Å². The molecule has 3 heterocycles. The van der Waals surface area contributed by atoms with Crippen LogP contribution in [0, 0.1) is 5.82 Å². The Kier molecular flexibility index (Phi) is 7.87. The lowest BCUT2D eigenvalue weighted by atomic mass is 10.1. The van der Waals surface area contributed by atoms with E-state index in [-0.39, 0.29) is 17.4 Å². The summed E-state index contributed by atoms with van der Waals surface area (Å²) in [5, 5.41) is 18.6. The van der Waals surface area contributed by atoms with Gasteiger partial charge in [-0.3, -0.25) is 9.13 Å². The van der Waals surface area contributed by atoms with Crippen molar-refractivity contribution in [3.05, 3.63) is 53.1 Å². The highest BCUT2D eigenvalue weighted by atomic mass is 35.5. The van der Waals surface area contributed by atoms with Crippen LogP contribution in [0.2, 0.25) is 5.15 Å². The minimum absolute atomic E-state index is 0.0294. The maximum Gasteiger partial charge on any atom is 0.340 e. The molecule has 0 aliphatic carbocycles. The number of aliphatic hydroxyl groups excluding tert-OH is 1. The Labute approximate surface area is 209 Å². The van der Waals surface area contributed by atoms with E-state index in [0.717, 1.165) is 0 Å². The number of rotatable bonds is 9. The molecule has 1 unspecified atom stereocenters. The van der Waals surface area contributed by atoms with Gasteiger partial charge in [-0.2, -0.15) is 5.10 Å². The number of nitrogens with zero attached hydrogens (tertiary/aromatic N) is 3. The molecule has 1 aliphatic rings. The number of anilines is 1. The second-order valence-electron chi connectivity index (χ2n) is 8.38. The van der Waals surface area contributed by atoms with Crippen molar-refractivity contribution >= 4 is 43.5 Å². The van der Waals surface area contributed by atoms with E-state index in [4.69, 9.17) is 30.6 Å². The topological polar surface area (TPSA) is 176 Å². The van der Waals surface area contributed by atoms with Crippen LogP contribution in [0.15, 0.2) is 36.5 Å². The molecule has 4 rings (SSSR count). The first-order chi connectivity index (χ1) is 16.8. The van der Waals surface area contributed by atoms with E-state index in [1.165, 1.54) is 16.9 Å². The summed E-state index contributed by atoms with van der Waals surface area (Å²) in [6.07, 6.45) is -1.49. The van der Waals surface area contributed by atoms with E-state index in [9.17, 15) is 23.5 Å². The summed E-state index contributed by atoms with van der Waals surface area (Å²) >= 11 is 6.23. The molecule has 2 aromatic heterocycles. The second kappa shape index (κ2) is 10.4. The summed E-state index contributed by atoms with van der Waals surface area (Å²) in [6, 6.07) is 7.53. The lowest BCUT2D eigenvalue weighted by Crippen LogP contribution is -2.26. The molecule has 5 atom stereocenters. The van der Waals surface area contributed by atoms with Crippen molar-refractivity contribution in [1.82, 2.24) is 14.8 Å². The molecule has 0 amide bonds. The van der Waals surface area contributed by atoms with Gasteiger partial charge in [0, 0.05) is 12.0 Å². The van der Waals surface area contributed by atoms with Crippen molar-refractivity contribution < 1.29 is 42.6 Å². The quantitative estimate of drug-likeness (QED) is 0.190. The van der Waals surface area contributed by atoms with Gasteiger partial charge < -0.3 is 34.4 Å². The number of aromatic nitrogens is 3. The molecule has 1 fully saturated rings. The van der Waals surface area contributed by atoms with Crippen LogP contribution in [0.4, 0.5) is 10.1 Å². The average Bonchev–Trinajstić information content (AvgIpc) is 3.34. The van der Waals surface area contributed by atoms with Gasteiger partial charge in [-0.15, -0.1) is 0 Å². The molecule has 0 spiro atoms. The number of hydrogen-bond donors (Lipinski definition) is 5. The second-order valence-corrected chi connectivity index (χ2v) is 12.8. The van der Waals surface area contributed by atoms with Crippen LogP contribution in [0.25, 0.3) is 11.0 Å². The number of fused-ring (bicyclic) bond motifs is 1. The zero-order chi connectivity index (χ0) is 26.3. The van der Waals surface area contributed by atoms with Gasteiger partial charge >= 0.3 is 15.2 Å². The summed E-state index contributed by atoms with van der Waals surface area (Å²) in [5.41, 5.74) is 1.32. The zero-order valence-electron chi connectivity index (χ0n) is 18.8. The van der Waals surface area contributed by atoms with Crippen molar-refractivity contribution in [3.63, 3.8) is 0 Å². The Balaban J connectivity index is 1.52. The van der Waals surface area contributed by atoms with Crippen LogP contribution in [0.1, 0.15) is 31.2 Å². The lowest BCUT2D eigenvalue weighted by Gasteiger charge is -2.19. The van der Waals surface area contributed by atoms with E-state index in [1.807, 2.05) is 0 Å². The van der Waals surface area contributed by atoms with Crippen molar-refractivity contribution in [2.45, 2.75) is 37.8 Å². The molecule has 36 heavy (non-hydrogen) atoms. The number of benzene rings is 1. The predicted octanol–water partition coefficient (Wildman–Crippen LogP) is 3.38. The molecule has 1 aliphatic heterocycles. The van der Waals surface area contributed by atoms with E-state index in [0.29, 0.717) is 22.3 Å². The molecule has 0 radical (unpaired) electrons. The van der Waals surface area contributed by atoms with Gasteiger partial charge in [-0.25, -0.2) is 14.1 Å². The number of hydrogen-bond acceptors (Lipinski definition) is 8. The Bertz CT molecular complexity index is 1350. The first-order valence-corrected chi connectivity index (χ1v) is 14.7. The molecule has 0 saturated carbocycles. The highest BCUT2D eigenvalue weighted by molar-refractivity contribution is 7.70. The van der Waals surface area contributed by atoms with Crippen molar-refractivity contribution in [2.75, 3.05) is 17.8 Å². The normalized spacial score (nSPS) is 23.0. The predicted molar refractivity (Wildman–Crippen MR) is 128 cm³/mol. The zero-order valence-corrected chi connectivity index (χ0v) is 21.4. The molecule has 3 aromatic rings. The van der Waals surface area contributed by atoms with Crippen molar-refractivity contribution in [3.8, 4) is 0 Å². The molecular formula is C20H24ClFN4O8P2. The third kappa shape index (κ3) is 6.31. The Morgan fingerprint density at radius 1 is 1.33 bits per heavy atom. The van der Waals surface area contributed by atoms with E-state index < -0.39 is 52.2 Å². The van der Waals surface area contributed by atoms with Gasteiger partial charge in [0.15, 0.2) is 17.8 Å². The van der Waals surface area contributed by atoms with Gasteiger partial charge in [0.25, 0.3) is 0 Å². The van der Waals surface area contributed by atoms with Crippen LogP contribution in [-0.2, 0) is 18.4 Å². The van der Waals surface area contributed by atoms with E-state index in [2.05, 4.69) is 15.4 Å². The summed E-state index contributed by atoms with van der Waals surface area (Å²) in [6.45, 7) is 1.21. The van der Waals surface area contributed by atoms with Gasteiger partial charge in [0.1, 0.15) is 17.1 Å². The highest BCUT2D eigenvalue weighted by Gasteiger charge is 2.39. The molecule has 12 nitrogen and oxygen atoms in total. The number of pyridine rings is 1. The van der Waals surface area contributed by atoms with Crippen LogP contribution < -0.4 is 5.32 Å². The number of aliphatic hydroxyl groups is 1. The molecule has 0 bridgehead atoms. The van der Waals surface area contributed by atoms with Crippen LogP contribution >= 0.6 is 26.8 Å². The van der Waals surface area contributed by atoms with Crippen molar-refractivity contribution in [2.24, 2.45) is 0 Å². The average molecular weight is 565 g/mol. The maximum atomic E-state index is 14.2. The molecule has 1 saturated heterocycles. The third-order valence-electron chi connectivity index (χ3n) is 5.56. The van der Waals surface area contributed by atoms with Crippen LogP contribution in [-0.4, -0.2) is 59.3 Å². The highest BCUT2D eigenvalue weighted by Crippen LogP contribution is 2.55. The summed E-state index contributed by atoms with van der Waals surface area (Å²) in [5.74, 6) is -1.71. The fourth-order valence-corrected chi connectivity index (χ4v) is 6.69. The summed E-state index contributed by atoms with van der Waals surface area (Å²) in [7, 11) is -9.40. The van der Waals surface area contributed by atoms with Gasteiger partial charge in [0.05, 0.1) is 36.0 Å². The Hall–Kier alpha value is -1.92. The molecule has 5 N–H and O–H groups in total. The van der Waals surface area contributed by atoms with Crippen molar-refractivity contribution in [1.29, 1.82) is 0 Å². The smallest absolute Gasteiger partial charge is 0.340 e.